The van der Waals surface area contributed by atoms with Crippen LogP contribution in [0.5, 0.6) is 11.5 Å². The first-order chi connectivity index (χ1) is 22.8. The van der Waals surface area contributed by atoms with Crippen molar-refractivity contribution in [3.63, 3.8) is 0 Å². The Balaban J connectivity index is 1.21. The van der Waals surface area contributed by atoms with Crippen LogP contribution < -0.4 is 25.2 Å². The highest BCUT2D eigenvalue weighted by molar-refractivity contribution is 8.15. The van der Waals surface area contributed by atoms with Crippen LogP contribution in [0.15, 0.2) is 78.0 Å². The summed E-state index contributed by atoms with van der Waals surface area (Å²) >= 11 is 0.935. The molecule has 48 heavy (non-hydrogen) atoms. The maximum absolute atomic E-state index is 13.7. The summed E-state index contributed by atoms with van der Waals surface area (Å²) < 4.78 is 86.6. The van der Waals surface area contributed by atoms with E-state index in [2.05, 4.69) is 30.7 Å². The number of alkyl halides is 6. The van der Waals surface area contributed by atoms with E-state index < -0.39 is 37.1 Å². The lowest BCUT2D eigenvalue weighted by atomic mass is 10.1. The fraction of sp³-hybridized carbons (Fsp3) is 0.233. The Labute approximate surface area is 272 Å². The highest BCUT2D eigenvalue weighted by Gasteiger charge is 2.34. The van der Waals surface area contributed by atoms with Crippen LogP contribution in [0.3, 0.4) is 0 Å². The number of amidine groups is 1. The number of hydrogen-bond donors (Lipinski definition) is 2. The van der Waals surface area contributed by atoms with E-state index in [9.17, 15) is 35.9 Å². The fourth-order valence-corrected chi connectivity index (χ4v) is 5.22. The van der Waals surface area contributed by atoms with Gasteiger partial charge in [0.25, 0.3) is 6.36 Å². The molecule has 2 unspecified atom stereocenters. The average molecular weight is 694 g/mol. The monoisotopic (exact) mass is 693 g/mol. The summed E-state index contributed by atoms with van der Waals surface area (Å²) in [6.45, 7) is 3.43. The molecule has 3 aromatic carbocycles. The minimum Gasteiger partial charge on any atom is -0.452 e. The number of hydrazine groups is 1. The summed E-state index contributed by atoms with van der Waals surface area (Å²) in [5.41, 5.74) is 7.69. The van der Waals surface area contributed by atoms with Crippen LogP contribution in [0.4, 0.5) is 36.8 Å². The fourth-order valence-electron chi connectivity index (χ4n) is 4.37. The van der Waals surface area contributed by atoms with Crippen molar-refractivity contribution in [1.82, 2.24) is 25.6 Å². The van der Waals surface area contributed by atoms with Crippen molar-refractivity contribution in [3.8, 4) is 28.6 Å². The quantitative estimate of drug-likeness (QED) is 0.143. The Bertz CT molecular complexity index is 1800. The summed E-state index contributed by atoms with van der Waals surface area (Å²) in [4.78, 5) is 34.6. The van der Waals surface area contributed by atoms with Crippen molar-refractivity contribution in [1.29, 1.82) is 0 Å². The molecule has 1 aromatic heterocycles. The minimum atomic E-state index is -4.80. The van der Waals surface area contributed by atoms with Gasteiger partial charge in [-0.25, -0.2) is 28.7 Å². The molecule has 1 saturated heterocycles. The van der Waals surface area contributed by atoms with Gasteiger partial charge >= 0.3 is 18.8 Å². The van der Waals surface area contributed by atoms with Gasteiger partial charge in [0.2, 0.25) is 5.91 Å². The van der Waals surface area contributed by atoms with E-state index in [0.29, 0.717) is 22.6 Å². The molecule has 3 amide bonds. The zero-order chi connectivity index (χ0) is 34.6. The number of urea groups is 1. The van der Waals surface area contributed by atoms with E-state index in [-0.39, 0.29) is 28.1 Å². The van der Waals surface area contributed by atoms with Crippen molar-refractivity contribution in [2.75, 3.05) is 10.7 Å². The van der Waals surface area contributed by atoms with Crippen LogP contribution in [0.1, 0.15) is 24.1 Å². The molecule has 0 spiro atoms. The molecule has 18 heteroatoms. The van der Waals surface area contributed by atoms with Crippen molar-refractivity contribution in [2.24, 2.45) is 4.99 Å². The summed E-state index contributed by atoms with van der Waals surface area (Å²) in [5, 5.41) is 4.31. The number of amides is 3. The van der Waals surface area contributed by atoms with Crippen LogP contribution in [0.25, 0.3) is 17.1 Å². The number of hydrogen-bond acceptors (Lipinski definition) is 8. The number of thioether (sulfide) groups is 1. The van der Waals surface area contributed by atoms with Gasteiger partial charge in [0.05, 0.1) is 17.1 Å². The summed E-state index contributed by atoms with van der Waals surface area (Å²) in [5.74, 6) is -0.934. The van der Waals surface area contributed by atoms with Gasteiger partial charge in [-0.3, -0.25) is 15.1 Å². The third-order valence-corrected chi connectivity index (χ3v) is 7.57. The van der Waals surface area contributed by atoms with E-state index in [1.807, 2.05) is 0 Å². The highest BCUT2D eigenvalue weighted by Crippen LogP contribution is 2.36. The van der Waals surface area contributed by atoms with Crippen molar-refractivity contribution >= 4 is 34.6 Å². The lowest BCUT2D eigenvalue weighted by Gasteiger charge is -2.21. The van der Waals surface area contributed by atoms with Gasteiger partial charge < -0.3 is 9.47 Å². The van der Waals surface area contributed by atoms with E-state index in [0.717, 1.165) is 34.4 Å². The number of carbonyl (C=O) groups is 2. The second-order valence-electron chi connectivity index (χ2n) is 10.2. The smallest absolute Gasteiger partial charge is 0.452 e. The number of nitrogens with one attached hydrogen (secondary N) is 2. The Morgan fingerprint density at radius 1 is 1.04 bits per heavy atom. The molecule has 1 aliphatic rings. The van der Waals surface area contributed by atoms with E-state index >= 15 is 0 Å². The Kier molecular flexibility index (Phi) is 10.2. The second-order valence-corrected chi connectivity index (χ2v) is 11.1. The van der Waals surface area contributed by atoms with Crippen LogP contribution in [-0.2, 0) is 4.79 Å². The van der Waals surface area contributed by atoms with Gasteiger partial charge in [-0.2, -0.15) is 9.38 Å². The third kappa shape index (κ3) is 8.43. The van der Waals surface area contributed by atoms with E-state index in [1.54, 1.807) is 38.1 Å². The second kappa shape index (κ2) is 14.3. The molecule has 0 radical (unpaired) electrons. The molecule has 1 aliphatic heterocycles. The van der Waals surface area contributed by atoms with E-state index in [1.165, 1.54) is 41.3 Å². The zero-order valence-electron chi connectivity index (χ0n) is 24.9. The normalized spacial score (nSPS) is 15.6. The highest BCUT2D eigenvalue weighted by atomic mass is 32.2. The number of aryl methyl sites for hydroxylation is 1. The summed E-state index contributed by atoms with van der Waals surface area (Å²) in [6.07, 6.45) is -9.72. The number of carbonyl (C=O) groups excluding carboxylic acids is 2. The molecular formula is C30H25F6N7O4S. The van der Waals surface area contributed by atoms with Crippen molar-refractivity contribution in [3.05, 3.63) is 84.2 Å². The number of aromatic nitrogens is 3. The molecule has 11 nitrogen and oxygen atoms in total. The van der Waals surface area contributed by atoms with Gasteiger partial charge in [-0.15, -0.1) is 18.3 Å². The number of ether oxygens (including phenoxy) is 2. The first-order valence-electron chi connectivity index (χ1n) is 13.9. The first-order valence-corrected chi connectivity index (χ1v) is 14.9. The molecule has 2 N–H and O–H groups in total. The SMILES string of the molecule is Cc1ccc(OC(F)C(F)F)c(N2C(=O)CSC2=NC(=O)NNC(C)c2ccc(-c3ncn(-c4ccc(OC(F)(F)F)cc4)n3)cc2)c1. The molecule has 252 valence electrons. The maximum Gasteiger partial charge on any atom is 0.573 e. The molecule has 2 atom stereocenters. The largest absolute Gasteiger partial charge is 0.573 e. The van der Waals surface area contributed by atoms with Crippen LogP contribution in [0, 0.1) is 6.92 Å². The molecule has 1 fully saturated rings. The minimum absolute atomic E-state index is 0.0333. The van der Waals surface area contributed by atoms with Crippen LogP contribution in [0.2, 0.25) is 0 Å². The standard InChI is InChI=1S/C30H25F6N7O4S/c1-16-3-12-23(46-26(33)25(31)32)22(13-16)43-24(44)14-48-29(43)38-28(45)40-39-17(2)18-4-6-19(7-5-18)27-37-15-42(41-27)20-8-10-21(11-9-20)47-30(34,35)36/h3-13,15,17,25-26,39H,14H2,1-2H3,(H,40,45). The van der Waals surface area contributed by atoms with Crippen LogP contribution >= 0.6 is 11.8 Å². The number of halogens is 6. The molecule has 0 bridgehead atoms. The molecule has 4 aromatic rings. The lowest BCUT2D eigenvalue weighted by Crippen LogP contribution is -2.39. The Morgan fingerprint density at radius 2 is 1.75 bits per heavy atom. The van der Waals surface area contributed by atoms with Crippen molar-refractivity contribution < 1.29 is 45.4 Å². The Morgan fingerprint density at radius 3 is 2.42 bits per heavy atom. The number of anilines is 1. The van der Waals surface area contributed by atoms with E-state index in [4.69, 9.17) is 4.74 Å². The van der Waals surface area contributed by atoms with Gasteiger partial charge in [-0.05, 0) is 61.4 Å². The predicted molar refractivity (Wildman–Crippen MR) is 164 cm³/mol. The first kappa shape index (κ1) is 34.2. The molecule has 5 rings (SSSR count). The third-order valence-electron chi connectivity index (χ3n) is 6.65. The maximum atomic E-state index is 13.7. The van der Waals surface area contributed by atoms with Crippen molar-refractivity contribution in [2.45, 2.75) is 39.0 Å². The number of rotatable bonds is 10. The summed E-state index contributed by atoms with van der Waals surface area (Å²) in [6, 6.07) is 15.0. The summed E-state index contributed by atoms with van der Waals surface area (Å²) in [7, 11) is 0. The molecule has 0 aliphatic carbocycles. The topological polar surface area (TPSA) is 123 Å². The Hall–Kier alpha value is -5.10. The molecular weight excluding hydrogens is 668 g/mol. The van der Waals surface area contributed by atoms with Gasteiger partial charge in [-0.1, -0.05) is 42.1 Å². The van der Waals surface area contributed by atoms with Gasteiger partial charge in [0.1, 0.15) is 17.8 Å². The predicted octanol–water partition coefficient (Wildman–Crippen LogP) is 6.49. The number of nitrogens with zero attached hydrogens (tertiary/aromatic N) is 5. The molecule has 2 heterocycles. The average Bonchev–Trinajstić information content (AvgIpc) is 3.67. The molecule has 0 saturated carbocycles. The van der Waals surface area contributed by atoms with Crippen LogP contribution in [-0.4, -0.2) is 56.8 Å². The lowest BCUT2D eigenvalue weighted by molar-refractivity contribution is -0.274. The zero-order valence-corrected chi connectivity index (χ0v) is 25.7. The number of benzene rings is 3. The van der Waals surface area contributed by atoms with Gasteiger partial charge in [0.15, 0.2) is 11.0 Å². The number of aliphatic imine (C=N–C) groups is 1. The van der Waals surface area contributed by atoms with Gasteiger partial charge in [0, 0.05) is 11.6 Å².